The zero-order chi connectivity index (χ0) is 20.1. The van der Waals surface area contributed by atoms with Crippen LogP contribution in [-0.2, 0) is 23.3 Å². The van der Waals surface area contributed by atoms with Crippen molar-refractivity contribution in [3.05, 3.63) is 71.4 Å². The van der Waals surface area contributed by atoms with Gasteiger partial charge in [-0.3, -0.25) is 0 Å². The Morgan fingerprint density at radius 2 is 2.03 bits per heavy atom. The Balaban J connectivity index is 1.28. The summed E-state index contributed by atoms with van der Waals surface area (Å²) in [7, 11) is -2.18. The third-order valence-corrected chi connectivity index (χ3v) is 6.16. The lowest BCUT2D eigenvalue weighted by Gasteiger charge is -2.16. The van der Waals surface area contributed by atoms with Gasteiger partial charge in [0.05, 0.1) is 5.37 Å². The number of aromatic nitrogens is 1. The van der Waals surface area contributed by atoms with Gasteiger partial charge in [0, 0.05) is 36.7 Å². The van der Waals surface area contributed by atoms with Gasteiger partial charge in [0.25, 0.3) is 0 Å². The van der Waals surface area contributed by atoms with Gasteiger partial charge in [0.15, 0.2) is 0 Å². The Morgan fingerprint density at radius 1 is 1.17 bits per heavy atom. The molecule has 1 atom stereocenters. The quantitative estimate of drug-likeness (QED) is 0.562. The predicted molar refractivity (Wildman–Crippen MR) is 119 cm³/mol. The largest absolute Gasteiger partial charge is 0.361 e. The fourth-order valence-electron chi connectivity index (χ4n) is 4.16. The smallest absolute Gasteiger partial charge is 0.214 e. The van der Waals surface area contributed by atoms with Crippen molar-refractivity contribution in [3.63, 3.8) is 0 Å². The van der Waals surface area contributed by atoms with Crippen LogP contribution in [0.15, 0.2) is 54.7 Å². The van der Waals surface area contributed by atoms with Crippen molar-refractivity contribution in [1.29, 1.82) is 0 Å². The predicted octanol–water partition coefficient (Wildman–Crippen LogP) is 2.85. The topological polar surface area (TPSA) is 65.2 Å². The van der Waals surface area contributed by atoms with Crippen LogP contribution in [0, 0.1) is 5.92 Å². The SMILES string of the molecule is O=S(=O)=Cc1ccc2[nH]cc(CCN3CC[C@@H](CNCc4ccccc4)C3)c2c1. The molecule has 1 aliphatic rings. The third-order valence-electron chi connectivity index (χ3n) is 5.70. The molecule has 0 amide bonds. The molecule has 2 aromatic carbocycles. The highest BCUT2D eigenvalue weighted by molar-refractivity contribution is 7.71. The summed E-state index contributed by atoms with van der Waals surface area (Å²) in [5, 5.41) is 5.96. The number of H-pyrrole nitrogens is 1. The van der Waals surface area contributed by atoms with Gasteiger partial charge in [-0.05, 0) is 60.7 Å². The molecule has 0 radical (unpaired) electrons. The number of nitrogens with zero attached hydrogens (tertiary/aromatic N) is 1. The van der Waals surface area contributed by atoms with Crippen molar-refractivity contribution in [2.75, 3.05) is 26.2 Å². The van der Waals surface area contributed by atoms with E-state index in [1.54, 1.807) is 0 Å². The van der Waals surface area contributed by atoms with E-state index in [0.29, 0.717) is 5.92 Å². The summed E-state index contributed by atoms with van der Waals surface area (Å²) >= 11 is 0. The lowest BCUT2D eigenvalue weighted by atomic mass is 10.1. The van der Waals surface area contributed by atoms with Crippen LogP contribution in [0.5, 0.6) is 0 Å². The van der Waals surface area contributed by atoms with Gasteiger partial charge in [-0.2, -0.15) is 8.42 Å². The normalized spacial score (nSPS) is 17.0. The average molecular weight is 410 g/mol. The summed E-state index contributed by atoms with van der Waals surface area (Å²) < 4.78 is 21.9. The standard InChI is InChI=1S/C23H27N3O2S/c27-29(28)17-19-6-7-23-22(12-19)21(15-25-23)9-11-26-10-8-20(16-26)14-24-13-18-4-2-1-3-5-18/h1-7,12,15,17,20,24-25H,8-11,13-14,16H2/t20-/m0/s1. The van der Waals surface area contributed by atoms with E-state index in [1.807, 2.05) is 18.2 Å². The number of hydrogen-bond acceptors (Lipinski definition) is 4. The van der Waals surface area contributed by atoms with Gasteiger partial charge in [-0.1, -0.05) is 36.4 Å². The highest BCUT2D eigenvalue weighted by atomic mass is 32.2. The molecule has 0 saturated carbocycles. The summed E-state index contributed by atoms with van der Waals surface area (Å²) in [6.07, 6.45) is 4.26. The highest BCUT2D eigenvalue weighted by Crippen LogP contribution is 2.22. The molecule has 5 nitrogen and oxygen atoms in total. The van der Waals surface area contributed by atoms with E-state index in [9.17, 15) is 8.42 Å². The van der Waals surface area contributed by atoms with Gasteiger partial charge in [-0.25, -0.2) is 0 Å². The van der Waals surface area contributed by atoms with Crippen molar-refractivity contribution >= 4 is 26.6 Å². The van der Waals surface area contributed by atoms with E-state index >= 15 is 0 Å². The molecule has 0 unspecified atom stereocenters. The van der Waals surface area contributed by atoms with Crippen molar-refractivity contribution in [3.8, 4) is 0 Å². The first kappa shape index (κ1) is 19.9. The molecule has 3 aromatic rings. The van der Waals surface area contributed by atoms with Gasteiger partial charge in [0.1, 0.15) is 0 Å². The second-order valence-electron chi connectivity index (χ2n) is 7.82. The number of nitrogens with one attached hydrogen (secondary N) is 2. The van der Waals surface area contributed by atoms with Gasteiger partial charge < -0.3 is 15.2 Å². The fourth-order valence-corrected chi connectivity index (χ4v) is 4.53. The first-order valence-corrected chi connectivity index (χ1v) is 11.3. The maximum absolute atomic E-state index is 10.9. The number of hydrogen-bond donors (Lipinski definition) is 2. The average Bonchev–Trinajstić information content (AvgIpc) is 3.33. The molecule has 2 N–H and O–H groups in total. The molecule has 1 aromatic heterocycles. The van der Waals surface area contributed by atoms with Gasteiger partial charge in [0.2, 0.25) is 10.3 Å². The van der Waals surface area contributed by atoms with E-state index in [1.165, 1.54) is 22.9 Å². The molecule has 0 aliphatic carbocycles. The lowest BCUT2D eigenvalue weighted by Crippen LogP contribution is -2.27. The maximum atomic E-state index is 10.9. The summed E-state index contributed by atoms with van der Waals surface area (Å²) in [5.41, 5.74) is 4.35. The second-order valence-corrected chi connectivity index (χ2v) is 8.58. The summed E-state index contributed by atoms with van der Waals surface area (Å²) in [6.45, 7) is 5.31. The first-order valence-electron chi connectivity index (χ1n) is 10.2. The lowest BCUT2D eigenvalue weighted by molar-refractivity contribution is 0.326. The van der Waals surface area contributed by atoms with Crippen LogP contribution in [0.25, 0.3) is 10.9 Å². The molecule has 0 bridgehead atoms. The molecule has 1 fully saturated rings. The van der Waals surface area contributed by atoms with Crippen LogP contribution in [0.3, 0.4) is 0 Å². The fraction of sp³-hybridized carbons (Fsp3) is 0.348. The molecule has 6 heteroatoms. The summed E-state index contributed by atoms with van der Waals surface area (Å²) in [6, 6.07) is 16.3. The Bertz CT molecular complexity index is 1080. The zero-order valence-electron chi connectivity index (χ0n) is 16.5. The Kier molecular flexibility index (Phi) is 6.44. The molecular weight excluding hydrogens is 382 g/mol. The van der Waals surface area contributed by atoms with Crippen LogP contribution in [0.2, 0.25) is 0 Å². The minimum Gasteiger partial charge on any atom is -0.361 e. The number of rotatable bonds is 8. The third kappa shape index (κ3) is 5.35. The molecule has 1 saturated heterocycles. The molecule has 29 heavy (non-hydrogen) atoms. The molecular formula is C23H27N3O2S. The van der Waals surface area contributed by atoms with Crippen molar-refractivity contribution in [2.45, 2.75) is 19.4 Å². The first-order chi connectivity index (χ1) is 14.2. The van der Waals surface area contributed by atoms with Crippen LogP contribution < -0.4 is 5.32 Å². The number of fused-ring (bicyclic) bond motifs is 1. The molecule has 4 rings (SSSR count). The van der Waals surface area contributed by atoms with Crippen LogP contribution in [0.1, 0.15) is 23.1 Å². The molecule has 0 spiro atoms. The van der Waals surface area contributed by atoms with Crippen LogP contribution in [-0.4, -0.2) is 49.8 Å². The van der Waals surface area contributed by atoms with E-state index < -0.39 is 10.3 Å². The van der Waals surface area contributed by atoms with Crippen LogP contribution >= 0.6 is 0 Å². The number of aromatic amines is 1. The number of benzene rings is 2. The van der Waals surface area contributed by atoms with E-state index in [4.69, 9.17) is 0 Å². The maximum Gasteiger partial charge on any atom is 0.214 e. The van der Waals surface area contributed by atoms with E-state index in [0.717, 1.165) is 55.6 Å². The molecule has 152 valence electrons. The minimum atomic E-state index is -2.18. The Hall–Kier alpha value is -2.41. The highest BCUT2D eigenvalue weighted by Gasteiger charge is 2.22. The number of likely N-dealkylation sites (tertiary alicyclic amines) is 1. The summed E-state index contributed by atoms with van der Waals surface area (Å²) in [5.74, 6) is 0.704. The van der Waals surface area contributed by atoms with Gasteiger partial charge >= 0.3 is 0 Å². The molecule has 1 aliphatic heterocycles. The monoisotopic (exact) mass is 409 g/mol. The van der Waals surface area contributed by atoms with E-state index in [-0.39, 0.29) is 0 Å². The Morgan fingerprint density at radius 3 is 2.86 bits per heavy atom. The van der Waals surface area contributed by atoms with Crippen molar-refractivity contribution < 1.29 is 8.42 Å². The van der Waals surface area contributed by atoms with E-state index in [2.05, 4.69) is 51.7 Å². The summed E-state index contributed by atoms with van der Waals surface area (Å²) in [4.78, 5) is 5.84. The second kappa shape index (κ2) is 9.39. The zero-order valence-corrected chi connectivity index (χ0v) is 17.3. The van der Waals surface area contributed by atoms with Crippen LogP contribution in [0.4, 0.5) is 0 Å². The van der Waals surface area contributed by atoms with Crippen molar-refractivity contribution in [1.82, 2.24) is 15.2 Å². The van der Waals surface area contributed by atoms with Gasteiger partial charge in [-0.15, -0.1) is 0 Å². The Labute approximate surface area is 173 Å². The van der Waals surface area contributed by atoms with Crippen molar-refractivity contribution in [2.24, 2.45) is 5.92 Å². The minimum absolute atomic E-state index is 0.704. The molecule has 2 heterocycles.